The summed E-state index contributed by atoms with van der Waals surface area (Å²) in [6.45, 7) is 6.24. The minimum Gasteiger partial charge on any atom is -0.381 e. The number of anilines is 1. The average Bonchev–Trinajstić information content (AvgIpc) is 2.70. The van der Waals surface area contributed by atoms with Crippen molar-refractivity contribution in [1.29, 1.82) is 0 Å². The summed E-state index contributed by atoms with van der Waals surface area (Å²) in [7, 11) is 0. The van der Waals surface area contributed by atoms with Crippen LogP contribution in [0, 0.1) is 12.8 Å². The van der Waals surface area contributed by atoms with Crippen molar-refractivity contribution in [2.24, 2.45) is 5.92 Å². The molecule has 7 heteroatoms. The Labute approximate surface area is 165 Å². The number of piperidine rings is 1. The fourth-order valence-electron chi connectivity index (χ4n) is 3.80. The molecule has 27 heavy (non-hydrogen) atoms. The van der Waals surface area contributed by atoms with E-state index in [2.05, 4.69) is 15.5 Å². The lowest BCUT2D eigenvalue weighted by molar-refractivity contribution is -0.136. The van der Waals surface area contributed by atoms with Crippen LogP contribution in [-0.4, -0.2) is 55.6 Å². The predicted molar refractivity (Wildman–Crippen MR) is 106 cm³/mol. The second-order valence-corrected chi connectivity index (χ2v) is 7.88. The van der Waals surface area contributed by atoms with Crippen LogP contribution >= 0.6 is 11.6 Å². The first-order valence-electron chi connectivity index (χ1n) is 9.70. The Kier molecular flexibility index (Phi) is 7.10. The van der Waals surface area contributed by atoms with Crippen LogP contribution in [0.25, 0.3) is 0 Å². The quantitative estimate of drug-likeness (QED) is 0.771. The number of ether oxygens (including phenoxy) is 1. The van der Waals surface area contributed by atoms with Crippen LogP contribution in [0.4, 0.5) is 5.69 Å². The Bertz CT molecular complexity index is 668. The minimum atomic E-state index is -0.653. The van der Waals surface area contributed by atoms with Crippen molar-refractivity contribution < 1.29 is 14.3 Å². The highest BCUT2D eigenvalue weighted by molar-refractivity contribution is 6.40. The van der Waals surface area contributed by atoms with Gasteiger partial charge in [0.15, 0.2) is 0 Å². The lowest BCUT2D eigenvalue weighted by atomic mass is 9.94. The van der Waals surface area contributed by atoms with E-state index in [1.54, 1.807) is 12.1 Å². The van der Waals surface area contributed by atoms with E-state index in [1.165, 1.54) is 0 Å². The van der Waals surface area contributed by atoms with E-state index in [9.17, 15) is 9.59 Å². The second-order valence-electron chi connectivity index (χ2n) is 7.45. The van der Waals surface area contributed by atoms with Crippen molar-refractivity contribution in [3.05, 3.63) is 28.8 Å². The number of benzene rings is 1. The van der Waals surface area contributed by atoms with Gasteiger partial charge in [-0.1, -0.05) is 17.7 Å². The molecule has 3 rings (SSSR count). The Morgan fingerprint density at radius 2 is 1.85 bits per heavy atom. The number of amides is 2. The maximum atomic E-state index is 12.1. The number of nitrogens with one attached hydrogen (secondary N) is 2. The van der Waals surface area contributed by atoms with Gasteiger partial charge in [0.2, 0.25) is 0 Å². The van der Waals surface area contributed by atoms with E-state index in [0.717, 1.165) is 57.6 Å². The zero-order valence-electron chi connectivity index (χ0n) is 15.8. The maximum Gasteiger partial charge on any atom is 0.313 e. The normalized spacial score (nSPS) is 19.6. The molecule has 1 aromatic rings. The molecule has 0 spiro atoms. The van der Waals surface area contributed by atoms with Gasteiger partial charge in [0.05, 0.1) is 0 Å². The molecule has 0 aliphatic carbocycles. The van der Waals surface area contributed by atoms with Crippen LogP contribution < -0.4 is 10.6 Å². The number of hydrogen-bond acceptors (Lipinski definition) is 4. The molecule has 2 aliphatic rings. The van der Waals surface area contributed by atoms with E-state index in [0.29, 0.717) is 29.2 Å². The van der Waals surface area contributed by atoms with Gasteiger partial charge in [-0.25, -0.2) is 0 Å². The zero-order chi connectivity index (χ0) is 19.2. The highest BCUT2D eigenvalue weighted by Crippen LogP contribution is 2.23. The van der Waals surface area contributed by atoms with Gasteiger partial charge in [-0.3, -0.25) is 9.59 Å². The van der Waals surface area contributed by atoms with Crippen LogP contribution in [-0.2, 0) is 14.3 Å². The molecule has 2 heterocycles. The lowest BCUT2D eigenvalue weighted by Crippen LogP contribution is -2.46. The topological polar surface area (TPSA) is 70.7 Å². The SMILES string of the molecule is Cc1ccc(Cl)cc1NC(=O)C(=O)NCC1CCN(C2CCOCC2)CC1. The molecule has 0 atom stereocenters. The average molecular weight is 394 g/mol. The monoisotopic (exact) mass is 393 g/mol. The van der Waals surface area contributed by atoms with Gasteiger partial charge >= 0.3 is 11.8 Å². The molecule has 6 nitrogen and oxygen atoms in total. The maximum absolute atomic E-state index is 12.1. The minimum absolute atomic E-state index is 0.422. The van der Waals surface area contributed by atoms with Gasteiger partial charge in [-0.2, -0.15) is 0 Å². The Morgan fingerprint density at radius 3 is 2.56 bits per heavy atom. The summed E-state index contributed by atoms with van der Waals surface area (Å²) in [5.41, 5.74) is 1.42. The van der Waals surface area contributed by atoms with E-state index >= 15 is 0 Å². The molecule has 2 N–H and O–H groups in total. The molecule has 0 bridgehead atoms. The number of carbonyl (C=O) groups is 2. The number of aryl methyl sites for hydroxylation is 1. The molecule has 148 valence electrons. The van der Waals surface area contributed by atoms with Crippen LogP contribution in [0.2, 0.25) is 5.02 Å². The van der Waals surface area contributed by atoms with E-state index in [4.69, 9.17) is 16.3 Å². The van der Waals surface area contributed by atoms with Crippen molar-refractivity contribution in [2.75, 3.05) is 38.2 Å². The molecule has 2 aliphatic heterocycles. The molecule has 0 unspecified atom stereocenters. The van der Waals surface area contributed by atoms with Crippen molar-refractivity contribution in [2.45, 2.75) is 38.6 Å². The molecule has 0 saturated carbocycles. The zero-order valence-corrected chi connectivity index (χ0v) is 16.6. The van der Waals surface area contributed by atoms with Gasteiger partial charge in [0.25, 0.3) is 0 Å². The highest BCUT2D eigenvalue weighted by Gasteiger charge is 2.27. The number of nitrogens with zero attached hydrogens (tertiary/aromatic N) is 1. The third kappa shape index (κ3) is 5.67. The molecule has 0 aromatic heterocycles. The molecular formula is C20H28ClN3O3. The Balaban J connectivity index is 1.40. The standard InChI is InChI=1S/C20H28ClN3O3/c1-14-2-3-16(21)12-18(14)23-20(26)19(25)22-13-15-4-8-24(9-5-15)17-6-10-27-11-7-17/h2-3,12,15,17H,4-11,13H2,1H3,(H,22,25)(H,23,26). The molecule has 2 amide bonds. The van der Waals surface area contributed by atoms with Gasteiger partial charge in [-0.15, -0.1) is 0 Å². The lowest BCUT2D eigenvalue weighted by Gasteiger charge is -2.39. The van der Waals surface area contributed by atoms with Crippen LogP contribution in [0.3, 0.4) is 0 Å². The number of halogens is 1. The summed E-state index contributed by atoms with van der Waals surface area (Å²) in [5, 5.41) is 5.93. The molecular weight excluding hydrogens is 366 g/mol. The van der Waals surface area contributed by atoms with Crippen molar-refractivity contribution >= 4 is 29.1 Å². The predicted octanol–water partition coefficient (Wildman–Crippen LogP) is 2.59. The summed E-state index contributed by atoms with van der Waals surface area (Å²) in [6, 6.07) is 5.84. The fourth-order valence-corrected chi connectivity index (χ4v) is 3.97. The fraction of sp³-hybridized carbons (Fsp3) is 0.600. The number of rotatable bonds is 4. The molecule has 1 aromatic carbocycles. The highest BCUT2D eigenvalue weighted by atomic mass is 35.5. The van der Waals surface area contributed by atoms with Crippen LogP contribution in [0.15, 0.2) is 18.2 Å². The largest absolute Gasteiger partial charge is 0.381 e. The summed E-state index contributed by atoms with van der Waals surface area (Å²) >= 11 is 5.95. The van der Waals surface area contributed by atoms with Gasteiger partial charge < -0.3 is 20.3 Å². The molecule has 2 saturated heterocycles. The van der Waals surface area contributed by atoms with Crippen LogP contribution in [0.5, 0.6) is 0 Å². The van der Waals surface area contributed by atoms with Gasteiger partial charge in [0.1, 0.15) is 0 Å². The van der Waals surface area contributed by atoms with Gasteiger partial charge in [-0.05, 0) is 69.3 Å². The second kappa shape index (κ2) is 9.53. The summed E-state index contributed by atoms with van der Waals surface area (Å²) in [4.78, 5) is 26.8. The van der Waals surface area contributed by atoms with E-state index in [1.807, 2.05) is 13.0 Å². The summed E-state index contributed by atoms with van der Waals surface area (Å²) in [6.07, 6.45) is 4.33. The smallest absolute Gasteiger partial charge is 0.313 e. The molecule has 0 radical (unpaired) electrons. The first-order valence-corrected chi connectivity index (χ1v) is 10.1. The van der Waals surface area contributed by atoms with Crippen molar-refractivity contribution in [1.82, 2.24) is 10.2 Å². The van der Waals surface area contributed by atoms with Gasteiger partial charge in [0, 0.05) is 36.5 Å². The number of likely N-dealkylation sites (tertiary alicyclic amines) is 1. The molecule has 2 fully saturated rings. The van der Waals surface area contributed by atoms with Crippen LogP contribution in [0.1, 0.15) is 31.2 Å². The summed E-state index contributed by atoms with van der Waals surface area (Å²) < 4.78 is 5.44. The van der Waals surface area contributed by atoms with Crippen molar-refractivity contribution in [3.8, 4) is 0 Å². The Morgan fingerprint density at radius 1 is 1.15 bits per heavy atom. The third-order valence-electron chi connectivity index (χ3n) is 5.56. The Hall–Kier alpha value is -1.63. The first-order chi connectivity index (χ1) is 13.0. The number of hydrogen-bond donors (Lipinski definition) is 2. The van der Waals surface area contributed by atoms with E-state index < -0.39 is 11.8 Å². The first kappa shape index (κ1) is 20.1. The third-order valence-corrected chi connectivity index (χ3v) is 5.80. The van der Waals surface area contributed by atoms with Crippen molar-refractivity contribution in [3.63, 3.8) is 0 Å². The van der Waals surface area contributed by atoms with E-state index in [-0.39, 0.29) is 0 Å². The summed E-state index contributed by atoms with van der Waals surface area (Å²) in [5.74, 6) is -0.827. The number of carbonyl (C=O) groups excluding carboxylic acids is 2.